The van der Waals surface area contributed by atoms with Crippen LogP contribution in [0, 0.1) is 5.92 Å². The summed E-state index contributed by atoms with van der Waals surface area (Å²) in [4.78, 5) is 28.6. The number of aromatic nitrogens is 1. The Kier molecular flexibility index (Phi) is 5.12. The molecule has 0 fully saturated rings. The van der Waals surface area contributed by atoms with Crippen molar-refractivity contribution < 1.29 is 18.7 Å². The van der Waals surface area contributed by atoms with Crippen LogP contribution in [-0.4, -0.2) is 25.1 Å². The number of hydrogen-bond acceptors (Lipinski definition) is 6. The molecule has 3 aromatic rings. The molecule has 1 aromatic heterocycles. The number of nitrogens with one attached hydrogen (secondary N) is 1. The summed E-state index contributed by atoms with van der Waals surface area (Å²) in [5, 5.41) is 3.11. The van der Waals surface area contributed by atoms with Gasteiger partial charge >= 0.3 is 5.63 Å². The Morgan fingerprint density at radius 3 is 2.30 bits per heavy atom. The van der Waals surface area contributed by atoms with E-state index in [1.165, 1.54) is 14.2 Å². The predicted molar refractivity (Wildman–Crippen MR) is 102 cm³/mol. The van der Waals surface area contributed by atoms with Crippen molar-refractivity contribution in [3.63, 3.8) is 0 Å². The molecule has 0 saturated heterocycles. The van der Waals surface area contributed by atoms with E-state index < -0.39 is 5.63 Å². The number of ether oxygens (including phenoxy) is 2. The Bertz CT molecular complexity index is 1040. The number of fused-ring (bicyclic) bond motifs is 1. The molecule has 7 heteroatoms. The van der Waals surface area contributed by atoms with E-state index >= 15 is 0 Å². The summed E-state index contributed by atoms with van der Waals surface area (Å²) in [6.07, 6.45) is 0. The maximum Gasteiger partial charge on any atom is 0.347 e. The molecule has 0 aliphatic rings. The molecule has 1 N–H and O–H groups in total. The summed E-state index contributed by atoms with van der Waals surface area (Å²) < 4.78 is 15.8. The minimum atomic E-state index is -0.520. The first-order valence-electron chi connectivity index (χ1n) is 8.41. The molecular weight excluding hydrogens is 348 g/mol. The highest BCUT2D eigenvalue weighted by molar-refractivity contribution is 5.92. The van der Waals surface area contributed by atoms with Crippen LogP contribution < -0.4 is 20.4 Å². The first kappa shape index (κ1) is 18.4. The van der Waals surface area contributed by atoms with Gasteiger partial charge in [0.25, 0.3) is 0 Å². The Balaban J connectivity index is 1.99. The highest BCUT2D eigenvalue weighted by atomic mass is 16.5. The predicted octanol–water partition coefficient (Wildman–Crippen LogP) is 3.47. The zero-order valence-corrected chi connectivity index (χ0v) is 15.5. The molecule has 1 heterocycles. The van der Waals surface area contributed by atoms with Crippen LogP contribution in [0.25, 0.3) is 22.4 Å². The van der Waals surface area contributed by atoms with Crippen LogP contribution in [0.5, 0.6) is 11.5 Å². The average molecular weight is 368 g/mol. The highest BCUT2D eigenvalue weighted by Gasteiger charge is 2.14. The molecule has 140 valence electrons. The average Bonchev–Trinajstić information content (AvgIpc) is 2.67. The summed E-state index contributed by atoms with van der Waals surface area (Å²) in [6.45, 7) is 3.64. The number of carbonyl (C=O) groups excluding carboxylic acids is 1. The van der Waals surface area contributed by atoms with Crippen LogP contribution >= 0.6 is 0 Å². The van der Waals surface area contributed by atoms with Crippen LogP contribution in [0.2, 0.25) is 0 Å². The van der Waals surface area contributed by atoms with Crippen molar-refractivity contribution in [2.45, 2.75) is 13.8 Å². The van der Waals surface area contributed by atoms with Gasteiger partial charge in [-0.2, -0.15) is 0 Å². The molecule has 0 atom stereocenters. The Hall–Kier alpha value is -3.35. The van der Waals surface area contributed by atoms with E-state index in [9.17, 15) is 9.59 Å². The Labute approximate surface area is 155 Å². The molecule has 0 saturated carbocycles. The molecule has 0 aliphatic heterocycles. The lowest BCUT2D eigenvalue weighted by Gasteiger charge is -2.09. The smallest absolute Gasteiger partial charge is 0.347 e. The Morgan fingerprint density at radius 1 is 1.07 bits per heavy atom. The van der Waals surface area contributed by atoms with Crippen molar-refractivity contribution >= 4 is 22.5 Å². The normalized spacial score (nSPS) is 10.9. The third-order valence-corrected chi connectivity index (χ3v) is 4.06. The maximum absolute atomic E-state index is 12.4. The van der Waals surface area contributed by atoms with Gasteiger partial charge in [0.05, 0.1) is 25.1 Å². The van der Waals surface area contributed by atoms with E-state index in [4.69, 9.17) is 13.9 Å². The number of benzene rings is 2. The van der Waals surface area contributed by atoms with E-state index in [0.717, 1.165) is 0 Å². The van der Waals surface area contributed by atoms with Gasteiger partial charge in [-0.15, -0.1) is 0 Å². The van der Waals surface area contributed by atoms with Gasteiger partial charge in [-0.3, -0.25) is 4.79 Å². The van der Waals surface area contributed by atoms with Crippen molar-refractivity contribution in [2.24, 2.45) is 5.92 Å². The van der Waals surface area contributed by atoms with Gasteiger partial charge in [-0.05, 0) is 24.3 Å². The molecule has 3 rings (SSSR count). The zero-order chi connectivity index (χ0) is 19.6. The van der Waals surface area contributed by atoms with E-state index in [0.29, 0.717) is 33.7 Å². The number of nitrogens with zero attached hydrogens (tertiary/aromatic N) is 1. The fraction of sp³-hybridized carbons (Fsp3) is 0.250. The largest absolute Gasteiger partial charge is 0.493 e. The lowest BCUT2D eigenvalue weighted by molar-refractivity contribution is -0.118. The second-order valence-corrected chi connectivity index (χ2v) is 6.25. The third-order valence-electron chi connectivity index (χ3n) is 4.06. The molecule has 0 unspecified atom stereocenters. The van der Waals surface area contributed by atoms with Crippen molar-refractivity contribution in [3.8, 4) is 23.0 Å². The molecule has 0 bridgehead atoms. The first-order chi connectivity index (χ1) is 12.9. The lowest BCUT2D eigenvalue weighted by atomic mass is 10.1. The number of carbonyl (C=O) groups is 1. The molecule has 7 nitrogen and oxygen atoms in total. The molecule has 27 heavy (non-hydrogen) atoms. The van der Waals surface area contributed by atoms with Gasteiger partial charge in [0.2, 0.25) is 11.8 Å². The van der Waals surface area contributed by atoms with E-state index in [1.54, 1.807) is 36.4 Å². The monoisotopic (exact) mass is 368 g/mol. The molecule has 0 aliphatic carbocycles. The third kappa shape index (κ3) is 3.76. The van der Waals surface area contributed by atoms with Gasteiger partial charge in [0, 0.05) is 29.3 Å². The van der Waals surface area contributed by atoms with E-state index in [1.807, 2.05) is 13.8 Å². The van der Waals surface area contributed by atoms with Crippen LogP contribution in [0.4, 0.5) is 5.69 Å². The van der Waals surface area contributed by atoms with Crippen molar-refractivity contribution in [1.82, 2.24) is 4.98 Å². The van der Waals surface area contributed by atoms with Crippen molar-refractivity contribution in [1.29, 1.82) is 0 Å². The van der Waals surface area contributed by atoms with Gasteiger partial charge in [-0.25, -0.2) is 9.78 Å². The standard InChI is InChI=1S/C20H20N2O5/c1-11(2)18(23)21-13-7-5-12(6-8-13)19-22-15-10-17(26-4)16(25-3)9-14(15)20(24)27-19/h5-11H,1-4H3,(H,21,23). The minimum absolute atomic E-state index is 0.0702. The Morgan fingerprint density at radius 2 is 1.70 bits per heavy atom. The lowest BCUT2D eigenvalue weighted by Crippen LogP contribution is -2.17. The number of methoxy groups -OCH3 is 2. The second-order valence-electron chi connectivity index (χ2n) is 6.25. The maximum atomic E-state index is 12.4. The van der Waals surface area contributed by atoms with Crippen molar-refractivity contribution in [3.05, 3.63) is 46.8 Å². The fourth-order valence-electron chi connectivity index (χ4n) is 2.51. The number of anilines is 1. The summed E-state index contributed by atoms with van der Waals surface area (Å²) in [5.74, 6) is 0.898. The van der Waals surface area contributed by atoms with Gasteiger partial charge in [0.1, 0.15) is 0 Å². The number of hydrogen-bond donors (Lipinski definition) is 1. The highest BCUT2D eigenvalue weighted by Crippen LogP contribution is 2.31. The van der Waals surface area contributed by atoms with Gasteiger partial charge in [0.15, 0.2) is 11.5 Å². The minimum Gasteiger partial charge on any atom is -0.493 e. The van der Waals surface area contributed by atoms with E-state index in [-0.39, 0.29) is 17.7 Å². The topological polar surface area (TPSA) is 90.7 Å². The molecule has 0 radical (unpaired) electrons. The number of rotatable bonds is 5. The SMILES string of the molecule is COc1cc2nc(-c3ccc(NC(=O)C(C)C)cc3)oc(=O)c2cc1OC. The summed E-state index contributed by atoms with van der Waals surface area (Å²) in [6, 6.07) is 10.1. The first-order valence-corrected chi connectivity index (χ1v) is 8.41. The van der Waals surface area contributed by atoms with Gasteiger partial charge < -0.3 is 19.2 Å². The quantitative estimate of drug-likeness (QED) is 0.742. The summed E-state index contributed by atoms with van der Waals surface area (Å²) >= 11 is 0. The second kappa shape index (κ2) is 7.49. The van der Waals surface area contributed by atoms with E-state index in [2.05, 4.69) is 10.3 Å². The fourth-order valence-corrected chi connectivity index (χ4v) is 2.51. The van der Waals surface area contributed by atoms with Crippen LogP contribution in [0.1, 0.15) is 13.8 Å². The summed E-state index contributed by atoms with van der Waals surface area (Å²) in [7, 11) is 3.01. The van der Waals surface area contributed by atoms with Gasteiger partial charge in [-0.1, -0.05) is 13.8 Å². The molecule has 1 amide bonds. The van der Waals surface area contributed by atoms with Crippen LogP contribution in [0.3, 0.4) is 0 Å². The molecule has 2 aromatic carbocycles. The van der Waals surface area contributed by atoms with Crippen LogP contribution in [-0.2, 0) is 4.79 Å². The van der Waals surface area contributed by atoms with Crippen molar-refractivity contribution in [2.75, 3.05) is 19.5 Å². The molecule has 0 spiro atoms. The zero-order valence-electron chi connectivity index (χ0n) is 15.5. The summed E-state index contributed by atoms with van der Waals surface area (Å²) in [5.41, 5.74) is 1.20. The molecular formula is C20H20N2O5. The number of amides is 1. The van der Waals surface area contributed by atoms with Crippen LogP contribution in [0.15, 0.2) is 45.6 Å².